The van der Waals surface area contributed by atoms with Crippen LogP contribution in [0.4, 0.5) is 4.39 Å². The lowest BCUT2D eigenvalue weighted by atomic mass is 10.1. The van der Waals surface area contributed by atoms with Crippen molar-refractivity contribution in [3.63, 3.8) is 0 Å². The van der Waals surface area contributed by atoms with Crippen LogP contribution in [0.1, 0.15) is 29.0 Å². The van der Waals surface area contributed by atoms with Gasteiger partial charge in [-0.15, -0.1) is 11.3 Å². The number of nitrogens with one attached hydrogen (secondary N) is 1. The fourth-order valence-electron chi connectivity index (χ4n) is 2.20. The maximum absolute atomic E-state index is 13.0. The van der Waals surface area contributed by atoms with Crippen LogP contribution in [0.5, 0.6) is 0 Å². The van der Waals surface area contributed by atoms with Gasteiger partial charge in [-0.05, 0) is 36.8 Å². The minimum absolute atomic E-state index is 0.0975. The predicted molar refractivity (Wildman–Crippen MR) is 89.8 cm³/mol. The number of carbonyl (C=O) groups excluding carboxylic acids is 1. The summed E-state index contributed by atoms with van der Waals surface area (Å²) >= 11 is 1.37. The Bertz CT molecular complexity index is 799. The molecule has 2 aromatic carbocycles. The predicted octanol–water partition coefficient (Wildman–Crippen LogP) is 4.44. The van der Waals surface area contributed by atoms with Crippen LogP contribution in [0.3, 0.4) is 0 Å². The SMILES string of the molecule is CC(NC(=O)c1csc(-c2ccc(F)cc2)n1)c1ccccc1. The van der Waals surface area contributed by atoms with Crippen LogP contribution in [0.25, 0.3) is 10.6 Å². The number of nitrogens with zero attached hydrogens (tertiary/aromatic N) is 1. The molecule has 0 fully saturated rings. The third kappa shape index (κ3) is 3.63. The topological polar surface area (TPSA) is 42.0 Å². The Kier molecular flexibility index (Phi) is 4.48. The number of halogens is 1. The Balaban J connectivity index is 1.72. The number of hydrogen-bond donors (Lipinski definition) is 1. The van der Waals surface area contributed by atoms with Crippen LogP contribution < -0.4 is 5.32 Å². The lowest BCUT2D eigenvalue weighted by molar-refractivity contribution is 0.0935. The first-order valence-corrected chi connectivity index (χ1v) is 8.09. The smallest absolute Gasteiger partial charge is 0.271 e. The number of thiazole rings is 1. The molecule has 1 N–H and O–H groups in total. The number of amides is 1. The fraction of sp³-hybridized carbons (Fsp3) is 0.111. The number of rotatable bonds is 4. The molecule has 1 heterocycles. The molecule has 23 heavy (non-hydrogen) atoms. The highest BCUT2D eigenvalue weighted by molar-refractivity contribution is 7.13. The highest BCUT2D eigenvalue weighted by Gasteiger charge is 2.15. The molecule has 0 aliphatic carbocycles. The molecule has 1 atom stereocenters. The summed E-state index contributed by atoms with van der Waals surface area (Å²) in [7, 11) is 0. The van der Waals surface area contributed by atoms with Crippen molar-refractivity contribution in [2.24, 2.45) is 0 Å². The van der Waals surface area contributed by atoms with Gasteiger partial charge in [0, 0.05) is 10.9 Å². The zero-order valence-corrected chi connectivity index (χ0v) is 13.3. The fourth-order valence-corrected chi connectivity index (χ4v) is 3.00. The number of carbonyl (C=O) groups is 1. The Hall–Kier alpha value is -2.53. The van der Waals surface area contributed by atoms with Crippen LogP contribution in [-0.4, -0.2) is 10.9 Å². The van der Waals surface area contributed by atoms with Crippen molar-refractivity contribution < 1.29 is 9.18 Å². The van der Waals surface area contributed by atoms with Crippen molar-refractivity contribution >= 4 is 17.2 Å². The summed E-state index contributed by atoms with van der Waals surface area (Å²) in [6.45, 7) is 1.93. The van der Waals surface area contributed by atoms with Crippen LogP contribution >= 0.6 is 11.3 Å². The summed E-state index contributed by atoms with van der Waals surface area (Å²) in [5.41, 5.74) is 2.21. The van der Waals surface area contributed by atoms with E-state index in [1.54, 1.807) is 17.5 Å². The zero-order valence-electron chi connectivity index (χ0n) is 12.5. The number of benzene rings is 2. The molecular weight excluding hydrogens is 311 g/mol. The maximum Gasteiger partial charge on any atom is 0.271 e. The first kappa shape index (κ1) is 15.4. The molecule has 3 rings (SSSR count). The molecule has 0 radical (unpaired) electrons. The van der Waals surface area contributed by atoms with Gasteiger partial charge in [0.2, 0.25) is 0 Å². The molecule has 0 saturated carbocycles. The van der Waals surface area contributed by atoms with E-state index in [9.17, 15) is 9.18 Å². The maximum atomic E-state index is 13.0. The van der Waals surface area contributed by atoms with E-state index >= 15 is 0 Å². The standard InChI is InChI=1S/C18H15FN2OS/c1-12(13-5-3-2-4-6-13)20-17(22)16-11-23-18(21-16)14-7-9-15(19)10-8-14/h2-12H,1H3,(H,20,22). The third-order valence-electron chi connectivity index (χ3n) is 3.48. The molecule has 116 valence electrons. The third-order valence-corrected chi connectivity index (χ3v) is 4.37. The van der Waals surface area contributed by atoms with Gasteiger partial charge in [-0.3, -0.25) is 4.79 Å². The highest BCUT2D eigenvalue weighted by atomic mass is 32.1. The van der Waals surface area contributed by atoms with Gasteiger partial charge < -0.3 is 5.32 Å². The lowest BCUT2D eigenvalue weighted by Crippen LogP contribution is -2.26. The summed E-state index contributed by atoms with van der Waals surface area (Å²) in [5, 5.41) is 5.34. The van der Waals surface area contributed by atoms with Crippen molar-refractivity contribution in [2.45, 2.75) is 13.0 Å². The molecule has 3 aromatic rings. The molecule has 0 aliphatic rings. The zero-order chi connectivity index (χ0) is 16.2. The number of aromatic nitrogens is 1. The molecular formula is C18H15FN2OS. The average molecular weight is 326 g/mol. The summed E-state index contributed by atoms with van der Waals surface area (Å²) in [4.78, 5) is 16.6. The lowest BCUT2D eigenvalue weighted by Gasteiger charge is -2.13. The van der Waals surface area contributed by atoms with E-state index in [2.05, 4.69) is 10.3 Å². The van der Waals surface area contributed by atoms with E-state index in [1.807, 2.05) is 37.3 Å². The molecule has 3 nitrogen and oxygen atoms in total. The van der Waals surface area contributed by atoms with E-state index < -0.39 is 0 Å². The molecule has 1 aromatic heterocycles. The Morgan fingerprint density at radius 1 is 1.13 bits per heavy atom. The Labute approximate surface area is 137 Å². The number of hydrogen-bond acceptors (Lipinski definition) is 3. The molecule has 0 bridgehead atoms. The Morgan fingerprint density at radius 2 is 1.83 bits per heavy atom. The van der Waals surface area contributed by atoms with Crippen molar-refractivity contribution in [1.82, 2.24) is 10.3 Å². The molecule has 0 spiro atoms. The molecule has 0 saturated heterocycles. The van der Waals surface area contributed by atoms with Gasteiger partial charge in [0.25, 0.3) is 5.91 Å². The van der Waals surface area contributed by atoms with E-state index in [4.69, 9.17) is 0 Å². The normalized spacial score (nSPS) is 11.9. The first-order valence-electron chi connectivity index (χ1n) is 7.21. The van der Waals surface area contributed by atoms with Gasteiger partial charge in [-0.1, -0.05) is 30.3 Å². The minimum Gasteiger partial charge on any atom is -0.344 e. The quantitative estimate of drug-likeness (QED) is 0.770. The molecule has 0 aliphatic heterocycles. The van der Waals surface area contributed by atoms with Gasteiger partial charge in [0.15, 0.2) is 0 Å². The second-order valence-corrected chi connectivity index (χ2v) is 6.01. The van der Waals surface area contributed by atoms with Crippen LogP contribution in [0.15, 0.2) is 60.0 Å². The van der Waals surface area contributed by atoms with Crippen molar-refractivity contribution in [3.05, 3.63) is 77.1 Å². The summed E-state index contributed by atoms with van der Waals surface area (Å²) in [6, 6.07) is 15.7. The second-order valence-electron chi connectivity index (χ2n) is 5.15. The largest absolute Gasteiger partial charge is 0.344 e. The molecule has 1 unspecified atom stereocenters. The van der Waals surface area contributed by atoms with E-state index in [-0.39, 0.29) is 17.8 Å². The first-order chi connectivity index (χ1) is 11.1. The minimum atomic E-state index is -0.292. The van der Waals surface area contributed by atoms with E-state index in [1.165, 1.54) is 23.5 Å². The van der Waals surface area contributed by atoms with Crippen molar-refractivity contribution in [2.75, 3.05) is 0 Å². The van der Waals surface area contributed by atoms with Crippen LogP contribution in [-0.2, 0) is 0 Å². The molecule has 5 heteroatoms. The van der Waals surface area contributed by atoms with Crippen molar-refractivity contribution in [3.8, 4) is 10.6 Å². The summed E-state index contributed by atoms with van der Waals surface area (Å²) in [6.07, 6.45) is 0. The summed E-state index contributed by atoms with van der Waals surface area (Å²) < 4.78 is 13.0. The van der Waals surface area contributed by atoms with Crippen LogP contribution in [0, 0.1) is 5.82 Å². The highest BCUT2D eigenvalue weighted by Crippen LogP contribution is 2.24. The molecule has 1 amide bonds. The van der Waals surface area contributed by atoms with E-state index in [0.29, 0.717) is 10.7 Å². The van der Waals surface area contributed by atoms with Gasteiger partial charge in [-0.2, -0.15) is 0 Å². The monoisotopic (exact) mass is 326 g/mol. The van der Waals surface area contributed by atoms with Gasteiger partial charge >= 0.3 is 0 Å². The van der Waals surface area contributed by atoms with E-state index in [0.717, 1.165) is 11.1 Å². The van der Waals surface area contributed by atoms with Crippen LogP contribution in [0.2, 0.25) is 0 Å². The van der Waals surface area contributed by atoms with Gasteiger partial charge in [0.05, 0.1) is 6.04 Å². The van der Waals surface area contributed by atoms with Gasteiger partial charge in [-0.25, -0.2) is 9.37 Å². The second kappa shape index (κ2) is 6.71. The van der Waals surface area contributed by atoms with Crippen molar-refractivity contribution in [1.29, 1.82) is 0 Å². The Morgan fingerprint density at radius 3 is 2.52 bits per heavy atom. The average Bonchev–Trinajstić information content (AvgIpc) is 3.06. The summed E-state index contributed by atoms with van der Waals surface area (Å²) in [5.74, 6) is -0.508. The van der Waals surface area contributed by atoms with Gasteiger partial charge in [0.1, 0.15) is 16.5 Å².